The molecule has 2 N–H and O–H groups in total. The van der Waals surface area contributed by atoms with Gasteiger partial charge in [0, 0.05) is 5.69 Å². The maximum absolute atomic E-state index is 11.4. The standard InChI is InChI=1S/C16H19N3O3/c1-4-14-5-7-15(8-6-14)19-13(3)18-9-10-21-16(20)12(2)22-11-17/h4-8,12,18-19H,1,3,9-10H2,2H3. The number of carbonyl (C=O) groups excluding carboxylic acids is 1. The van der Waals surface area contributed by atoms with Gasteiger partial charge in [-0.15, -0.1) is 0 Å². The smallest absolute Gasteiger partial charge is 0.348 e. The molecular formula is C16H19N3O3. The number of anilines is 1. The maximum atomic E-state index is 11.4. The van der Waals surface area contributed by atoms with E-state index in [4.69, 9.17) is 10.00 Å². The van der Waals surface area contributed by atoms with E-state index < -0.39 is 12.1 Å². The first kappa shape index (κ1) is 17.1. The monoisotopic (exact) mass is 301 g/mol. The van der Waals surface area contributed by atoms with Gasteiger partial charge in [-0.2, -0.15) is 5.26 Å². The van der Waals surface area contributed by atoms with E-state index in [1.807, 2.05) is 24.3 Å². The van der Waals surface area contributed by atoms with Gasteiger partial charge in [-0.3, -0.25) is 0 Å². The van der Waals surface area contributed by atoms with Crippen molar-refractivity contribution >= 4 is 17.7 Å². The second-order valence-electron chi connectivity index (χ2n) is 4.38. The molecule has 0 aliphatic rings. The molecule has 1 aromatic carbocycles. The maximum Gasteiger partial charge on any atom is 0.348 e. The number of nitrogens with one attached hydrogen (secondary N) is 2. The van der Waals surface area contributed by atoms with E-state index in [0.29, 0.717) is 12.4 Å². The van der Waals surface area contributed by atoms with Crippen LogP contribution in [0.25, 0.3) is 6.08 Å². The summed E-state index contributed by atoms with van der Waals surface area (Å²) in [6.07, 6.45) is 2.32. The zero-order chi connectivity index (χ0) is 16.4. The number of carbonyl (C=O) groups is 1. The van der Waals surface area contributed by atoms with Crippen LogP contribution in [-0.2, 0) is 14.3 Å². The van der Waals surface area contributed by atoms with Gasteiger partial charge in [0.1, 0.15) is 6.61 Å². The molecule has 1 aromatic rings. The fraction of sp³-hybridized carbons (Fsp3) is 0.250. The fourth-order valence-electron chi connectivity index (χ4n) is 1.52. The molecule has 0 bridgehead atoms. The van der Waals surface area contributed by atoms with Gasteiger partial charge in [-0.25, -0.2) is 4.79 Å². The Morgan fingerprint density at radius 1 is 1.45 bits per heavy atom. The zero-order valence-electron chi connectivity index (χ0n) is 12.5. The molecule has 0 fully saturated rings. The quantitative estimate of drug-likeness (QED) is 0.413. The number of ether oxygens (including phenoxy) is 2. The second kappa shape index (κ2) is 9.08. The van der Waals surface area contributed by atoms with Crippen molar-refractivity contribution in [2.24, 2.45) is 0 Å². The molecule has 0 heterocycles. The van der Waals surface area contributed by atoms with Crippen molar-refractivity contribution in [2.75, 3.05) is 18.5 Å². The number of rotatable bonds is 9. The van der Waals surface area contributed by atoms with E-state index in [2.05, 4.69) is 28.5 Å². The summed E-state index contributed by atoms with van der Waals surface area (Å²) in [5.74, 6) is 0.00524. The molecule has 6 heteroatoms. The Labute approximate surface area is 130 Å². The second-order valence-corrected chi connectivity index (χ2v) is 4.38. The van der Waals surface area contributed by atoms with E-state index in [0.717, 1.165) is 11.3 Å². The highest BCUT2D eigenvalue weighted by Gasteiger charge is 2.14. The van der Waals surface area contributed by atoms with Crippen molar-refractivity contribution in [3.63, 3.8) is 0 Å². The van der Waals surface area contributed by atoms with Crippen molar-refractivity contribution in [2.45, 2.75) is 13.0 Å². The van der Waals surface area contributed by atoms with Gasteiger partial charge in [-0.1, -0.05) is 31.4 Å². The molecule has 116 valence electrons. The number of benzene rings is 1. The minimum Gasteiger partial charge on any atom is -0.461 e. The van der Waals surface area contributed by atoms with Crippen LogP contribution in [0.1, 0.15) is 12.5 Å². The summed E-state index contributed by atoms with van der Waals surface area (Å²) in [7, 11) is 0. The lowest BCUT2D eigenvalue weighted by Crippen LogP contribution is -2.27. The molecule has 0 saturated carbocycles. The lowest BCUT2D eigenvalue weighted by atomic mass is 10.2. The van der Waals surface area contributed by atoms with E-state index in [1.165, 1.54) is 13.2 Å². The van der Waals surface area contributed by atoms with Crippen LogP contribution in [0, 0.1) is 11.5 Å². The van der Waals surface area contributed by atoms with Crippen LogP contribution in [0.5, 0.6) is 0 Å². The number of hydrogen-bond acceptors (Lipinski definition) is 6. The molecule has 1 unspecified atom stereocenters. The van der Waals surface area contributed by atoms with Gasteiger partial charge in [0.2, 0.25) is 6.10 Å². The van der Waals surface area contributed by atoms with E-state index in [9.17, 15) is 4.79 Å². The van der Waals surface area contributed by atoms with Gasteiger partial charge >= 0.3 is 5.97 Å². The van der Waals surface area contributed by atoms with Crippen LogP contribution >= 0.6 is 0 Å². The molecule has 1 atom stereocenters. The third-order valence-corrected chi connectivity index (χ3v) is 2.69. The summed E-state index contributed by atoms with van der Waals surface area (Å²) >= 11 is 0. The number of nitrogens with zero attached hydrogens (tertiary/aromatic N) is 1. The van der Waals surface area contributed by atoms with E-state index in [1.54, 1.807) is 6.08 Å². The Balaban J connectivity index is 2.24. The van der Waals surface area contributed by atoms with Crippen molar-refractivity contribution in [1.82, 2.24) is 5.32 Å². The van der Waals surface area contributed by atoms with Gasteiger partial charge in [0.15, 0.2) is 0 Å². The first-order chi connectivity index (χ1) is 10.6. The average Bonchev–Trinajstić information content (AvgIpc) is 2.52. The number of esters is 1. The zero-order valence-corrected chi connectivity index (χ0v) is 12.5. The highest BCUT2D eigenvalue weighted by molar-refractivity contribution is 5.74. The summed E-state index contributed by atoms with van der Waals surface area (Å²) < 4.78 is 9.38. The van der Waals surface area contributed by atoms with Crippen LogP contribution < -0.4 is 10.6 Å². The van der Waals surface area contributed by atoms with Gasteiger partial charge < -0.3 is 20.1 Å². The summed E-state index contributed by atoms with van der Waals surface area (Å²) in [4.78, 5) is 11.4. The molecule has 6 nitrogen and oxygen atoms in total. The Bertz CT molecular complexity index is 561. The van der Waals surface area contributed by atoms with Crippen molar-refractivity contribution < 1.29 is 14.3 Å². The lowest BCUT2D eigenvalue weighted by Gasteiger charge is -2.13. The van der Waals surface area contributed by atoms with Gasteiger partial charge in [0.25, 0.3) is 6.26 Å². The van der Waals surface area contributed by atoms with Crippen LogP contribution in [0.15, 0.2) is 43.2 Å². The fourth-order valence-corrected chi connectivity index (χ4v) is 1.52. The van der Waals surface area contributed by atoms with Crippen LogP contribution in [0.2, 0.25) is 0 Å². The third-order valence-electron chi connectivity index (χ3n) is 2.69. The Morgan fingerprint density at radius 3 is 2.73 bits per heavy atom. The molecule has 22 heavy (non-hydrogen) atoms. The van der Waals surface area contributed by atoms with Crippen LogP contribution in [-0.4, -0.2) is 25.2 Å². The summed E-state index contributed by atoms with van der Waals surface area (Å²) in [5.41, 5.74) is 1.92. The van der Waals surface area contributed by atoms with Gasteiger partial charge in [0.05, 0.1) is 12.4 Å². The highest BCUT2D eigenvalue weighted by Crippen LogP contribution is 2.11. The summed E-state index contributed by atoms with van der Waals surface area (Å²) in [5, 5.41) is 14.3. The third kappa shape index (κ3) is 6.01. The van der Waals surface area contributed by atoms with Crippen molar-refractivity contribution in [1.29, 1.82) is 5.26 Å². The summed E-state index contributed by atoms with van der Waals surface area (Å²) in [6.45, 7) is 9.50. The van der Waals surface area contributed by atoms with E-state index >= 15 is 0 Å². The molecule has 0 aliphatic carbocycles. The average molecular weight is 301 g/mol. The lowest BCUT2D eigenvalue weighted by molar-refractivity contribution is -0.152. The Kier molecular flexibility index (Phi) is 7.06. The molecule has 0 spiro atoms. The Hall–Kier alpha value is -2.94. The minimum absolute atomic E-state index is 0.147. The highest BCUT2D eigenvalue weighted by atomic mass is 16.6. The number of hydrogen-bond donors (Lipinski definition) is 2. The van der Waals surface area contributed by atoms with Gasteiger partial charge in [-0.05, 0) is 24.6 Å². The van der Waals surface area contributed by atoms with Crippen LogP contribution in [0.3, 0.4) is 0 Å². The van der Waals surface area contributed by atoms with Crippen molar-refractivity contribution in [3.05, 3.63) is 48.8 Å². The molecule has 0 radical (unpaired) electrons. The molecule has 0 amide bonds. The summed E-state index contributed by atoms with van der Waals surface area (Å²) in [6, 6.07) is 7.68. The predicted molar refractivity (Wildman–Crippen MR) is 84.4 cm³/mol. The molecule has 1 rings (SSSR count). The minimum atomic E-state index is -0.894. The molecule has 0 saturated heterocycles. The number of nitriles is 1. The Morgan fingerprint density at radius 2 is 2.14 bits per heavy atom. The molecular weight excluding hydrogens is 282 g/mol. The van der Waals surface area contributed by atoms with Crippen molar-refractivity contribution in [3.8, 4) is 6.26 Å². The largest absolute Gasteiger partial charge is 0.461 e. The molecule has 0 aliphatic heterocycles. The topological polar surface area (TPSA) is 83.4 Å². The van der Waals surface area contributed by atoms with Crippen LogP contribution in [0.4, 0.5) is 5.69 Å². The normalized spacial score (nSPS) is 10.7. The first-order valence-electron chi connectivity index (χ1n) is 6.70. The predicted octanol–water partition coefficient (Wildman–Crippen LogP) is 2.23. The molecule has 0 aromatic heterocycles. The van der Waals surface area contributed by atoms with E-state index in [-0.39, 0.29) is 6.61 Å². The first-order valence-corrected chi connectivity index (χ1v) is 6.70. The SMILES string of the molecule is C=Cc1ccc(NC(=C)NCCOC(=O)C(C)OC#N)cc1.